The molecule has 1 heterocycles. The van der Waals surface area contributed by atoms with Gasteiger partial charge in [0.1, 0.15) is 0 Å². The van der Waals surface area contributed by atoms with Crippen LogP contribution in [0.25, 0.3) is 0 Å². The van der Waals surface area contributed by atoms with Gasteiger partial charge in [-0.3, -0.25) is 4.99 Å². The number of benzene rings is 1. The van der Waals surface area contributed by atoms with E-state index in [1.54, 1.807) is 0 Å². The fourth-order valence-electron chi connectivity index (χ4n) is 2.20. The molecule has 1 saturated carbocycles. The predicted molar refractivity (Wildman–Crippen MR) is 94.9 cm³/mol. The Kier molecular flexibility index (Phi) is 5.96. The molecule has 0 saturated heterocycles. The smallest absolute Gasteiger partial charge is 0.193 e. The van der Waals surface area contributed by atoms with Crippen molar-refractivity contribution >= 4 is 35.6 Å². The minimum absolute atomic E-state index is 0. The maximum atomic E-state index is 5.89. The summed E-state index contributed by atoms with van der Waals surface area (Å²) in [6, 6.07) is 5.74. The molecule has 0 bridgehead atoms. The van der Waals surface area contributed by atoms with E-state index in [2.05, 4.69) is 10.3 Å². The standard InChI is InChI=1S/C15H21N3O2.HI/c16-15(17-7-6-11-2-3-11)18-12-4-5-13-14(10-12)20-9-1-8-19-13;/h4-5,10-11H,1-3,6-9H2,(H3,16,17,18);1H. The lowest BCUT2D eigenvalue weighted by Gasteiger charge is -2.10. The largest absolute Gasteiger partial charge is 0.490 e. The Hall–Kier alpha value is -1.18. The van der Waals surface area contributed by atoms with Crippen LogP contribution in [0.3, 0.4) is 0 Å². The minimum atomic E-state index is 0. The SMILES string of the molecule is I.NC(=NCCC1CC1)Nc1ccc2c(c1)OCCCO2. The average molecular weight is 403 g/mol. The average Bonchev–Trinajstić information content (AvgIpc) is 3.24. The van der Waals surface area contributed by atoms with E-state index in [1.165, 1.54) is 12.8 Å². The van der Waals surface area contributed by atoms with Crippen molar-refractivity contribution < 1.29 is 9.47 Å². The molecule has 21 heavy (non-hydrogen) atoms. The Bertz CT molecular complexity index is 504. The summed E-state index contributed by atoms with van der Waals surface area (Å²) in [6.07, 6.45) is 4.75. The van der Waals surface area contributed by atoms with Crippen molar-refractivity contribution in [3.8, 4) is 11.5 Å². The number of hydrogen-bond acceptors (Lipinski definition) is 3. The van der Waals surface area contributed by atoms with Gasteiger partial charge in [-0.05, 0) is 24.5 Å². The molecule has 0 unspecified atom stereocenters. The molecule has 2 aliphatic rings. The van der Waals surface area contributed by atoms with Gasteiger partial charge in [-0.2, -0.15) is 0 Å². The predicted octanol–water partition coefficient (Wildman–Crippen LogP) is 2.99. The molecule has 3 rings (SSSR count). The first kappa shape index (κ1) is 16.2. The number of aliphatic imine (C=N–C) groups is 1. The van der Waals surface area contributed by atoms with Crippen molar-refractivity contribution in [1.82, 2.24) is 0 Å². The Morgan fingerprint density at radius 3 is 2.76 bits per heavy atom. The highest BCUT2D eigenvalue weighted by Crippen LogP contribution is 2.33. The Balaban J connectivity index is 0.00000161. The Labute approximate surface area is 142 Å². The monoisotopic (exact) mass is 403 g/mol. The van der Waals surface area contributed by atoms with Gasteiger partial charge in [-0.1, -0.05) is 12.8 Å². The van der Waals surface area contributed by atoms with Crippen LogP contribution < -0.4 is 20.5 Å². The van der Waals surface area contributed by atoms with Gasteiger partial charge in [0.25, 0.3) is 0 Å². The molecule has 116 valence electrons. The van der Waals surface area contributed by atoms with Gasteiger partial charge in [0.2, 0.25) is 0 Å². The number of ether oxygens (including phenoxy) is 2. The number of fused-ring (bicyclic) bond motifs is 1. The van der Waals surface area contributed by atoms with E-state index in [4.69, 9.17) is 15.2 Å². The molecule has 0 atom stereocenters. The van der Waals surface area contributed by atoms with E-state index >= 15 is 0 Å². The molecule has 0 radical (unpaired) electrons. The van der Waals surface area contributed by atoms with Crippen LogP contribution >= 0.6 is 24.0 Å². The van der Waals surface area contributed by atoms with E-state index in [0.717, 1.165) is 42.5 Å². The maximum Gasteiger partial charge on any atom is 0.193 e. The molecule has 5 nitrogen and oxygen atoms in total. The lowest BCUT2D eigenvalue weighted by atomic mass is 10.3. The van der Waals surface area contributed by atoms with Crippen LogP contribution in [0.1, 0.15) is 25.7 Å². The molecule has 1 aromatic rings. The number of nitrogens with one attached hydrogen (secondary N) is 1. The second kappa shape index (κ2) is 7.72. The van der Waals surface area contributed by atoms with E-state index < -0.39 is 0 Å². The van der Waals surface area contributed by atoms with Crippen LogP contribution in [0.2, 0.25) is 0 Å². The van der Waals surface area contributed by atoms with Gasteiger partial charge in [0, 0.05) is 24.7 Å². The van der Waals surface area contributed by atoms with Gasteiger partial charge < -0.3 is 20.5 Å². The number of rotatable bonds is 4. The molecule has 0 amide bonds. The topological polar surface area (TPSA) is 68.9 Å². The summed E-state index contributed by atoms with van der Waals surface area (Å²) in [5.41, 5.74) is 6.76. The van der Waals surface area contributed by atoms with Crippen LogP contribution in [0.15, 0.2) is 23.2 Å². The lowest BCUT2D eigenvalue weighted by Crippen LogP contribution is -2.22. The summed E-state index contributed by atoms with van der Waals surface area (Å²) < 4.78 is 11.2. The van der Waals surface area contributed by atoms with E-state index in [9.17, 15) is 0 Å². The zero-order chi connectivity index (χ0) is 13.8. The van der Waals surface area contributed by atoms with Gasteiger partial charge >= 0.3 is 0 Å². The molecule has 1 aliphatic carbocycles. The van der Waals surface area contributed by atoms with Crippen LogP contribution in [-0.2, 0) is 0 Å². The summed E-state index contributed by atoms with van der Waals surface area (Å²) in [5.74, 6) is 2.89. The first-order valence-corrected chi connectivity index (χ1v) is 7.28. The van der Waals surface area contributed by atoms with Crippen molar-refractivity contribution in [1.29, 1.82) is 0 Å². The number of guanidine groups is 1. The number of hydrogen-bond donors (Lipinski definition) is 2. The maximum absolute atomic E-state index is 5.89. The number of halogens is 1. The molecule has 1 fully saturated rings. The molecule has 3 N–H and O–H groups in total. The third kappa shape index (κ3) is 4.94. The summed E-state index contributed by atoms with van der Waals surface area (Å²) in [7, 11) is 0. The van der Waals surface area contributed by atoms with Crippen molar-refractivity contribution in [3.05, 3.63) is 18.2 Å². The van der Waals surface area contributed by atoms with Crippen LogP contribution in [0.5, 0.6) is 11.5 Å². The number of anilines is 1. The molecule has 6 heteroatoms. The summed E-state index contributed by atoms with van der Waals surface area (Å²) in [4.78, 5) is 4.34. The zero-order valence-electron chi connectivity index (χ0n) is 12.0. The number of nitrogens with two attached hydrogens (primary N) is 1. The normalized spacial score (nSPS) is 17.6. The number of nitrogens with zero attached hydrogens (tertiary/aromatic N) is 1. The third-order valence-electron chi connectivity index (χ3n) is 3.54. The molecular weight excluding hydrogens is 381 g/mol. The van der Waals surface area contributed by atoms with Crippen molar-refractivity contribution in [3.63, 3.8) is 0 Å². The second-order valence-electron chi connectivity index (χ2n) is 5.34. The van der Waals surface area contributed by atoms with E-state index in [0.29, 0.717) is 19.2 Å². The molecule has 1 aromatic carbocycles. The van der Waals surface area contributed by atoms with Crippen LogP contribution in [0, 0.1) is 5.92 Å². The summed E-state index contributed by atoms with van der Waals surface area (Å²) >= 11 is 0. The highest BCUT2D eigenvalue weighted by atomic mass is 127. The molecule has 0 spiro atoms. The van der Waals surface area contributed by atoms with Gasteiger partial charge in [0.15, 0.2) is 17.5 Å². The van der Waals surface area contributed by atoms with Gasteiger partial charge in [0.05, 0.1) is 13.2 Å². The van der Waals surface area contributed by atoms with Crippen molar-refractivity contribution in [2.24, 2.45) is 16.6 Å². The lowest BCUT2D eigenvalue weighted by molar-refractivity contribution is 0.297. The first-order valence-electron chi connectivity index (χ1n) is 7.28. The van der Waals surface area contributed by atoms with Crippen molar-refractivity contribution in [2.75, 3.05) is 25.1 Å². The summed E-state index contributed by atoms with van der Waals surface area (Å²) in [6.45, 7) is 2.18. The highest BCUT2D eigenvalue weighted by Gasteiger charge is 2.20. The van der Waals surface area contributed by atoms with Crippen LogP contribution in [-0.4, -0.2) is 25.7 Å². The fraction of sp³-hybridized carbons (Fsp3) is 0.533. The zero-order valence-corrected chi connectivity index (χ0v) is 14.3. The van der Waals surface area contributed by atoms with Gasteiger partial charge in [-0.15, -0.1) is 24.0 Å². The first-order chi connectivity index (χ1) is 9.81. The van der Waals surface area contributed by atoms with E-state index in [-0.39, 0.29) is 24.0 Å². The van der Waals surface area contributed by atoms with Crippen LogP contribution in [0.4, 0.5) is 5.69 Å². The Morgan fingerprint density at radius 2 is 2.00 bits per heavy atom. The fourth-order valence-corrected chi connectivity index (χ4v) is 2.20. The highest BCUT2D eigenvalue weighted by molar-refractivity contribution is 14.0. The van der Waals surface area contributed by atoms with Gasteiger partial charge in [-0.25, -0.2) is 0 Å². The molecular formula is C15H22IN3O2. The molecule has 1 aliphatic heterocycles. The second-order valence-corrected chi connectivity index (χ2v) is 5.34. The minimum Gasteiger partial charge on any atom is -0.490 e. The summed E-state index contributed by atoms with van der Waals surface area (Å²) in [5, 5.41) is 3.10. The van der Waals surface area contributed by atoms with E-state index in [1.807, 2.05) is 18.2 Å². The Morgan fingerprint density at radius 1 is 1.24 bits per heavy atom. The van der Waals surface area contributed by atoms with Crippen molar-refractivity contribution in [2.45, 2.75) is 25.7 Å². The molecule has 0 aromatic heterocycles. The quantitative estimate of drug-likeness (QED) is 0.461. The third-order valence-corrected chi connectivity index (χ3v) is 3.54.